The first-order valence-electron chi connectivity index (χ1n) is 6.38. The Morgan fingerprint density at radius 3 is 2.47 bits per heavy atom. The first kappa shape index (κ1) is 12.6. The van der Waals surface area contributed by atoms with Gasteiger partial charge in [-0.3, -0.25) is 0 Å². The van der Waals surface area contributed by atoms with Gasteiger partial charge in [-0.05, 0) is 48.9 Å². The van der Waals surface area contributed by atoms with E-state index >= 15 is 0 Å². The van der Waals surface area contributed by atoms with Crippen LogP contribution in [0.15, 0.2) is 18.2 Å². The molecule has 0 bridgehead atoms. The molecule has 0 saturated carbocycles. The van der Waals surface area contributed by atoms with Crippen molar-refractivity contribution in [2.45, 2.75) is 46.1 Å². The van der Waals surface area contributed by atoms with E-state index in [9.17, 15) is 4.39 Å². The maximum atomic E-state index is 13.8. The fourth-order valence-corrected chi connectivity index (χ4v) is 2.92. The van der Waals surface area contributed by atoms with E-state index in [0.29, 0.717) is 0 Å². The van der Waals surface area contributed by atoms with E-state index in [1.165, 1.54) is 0 Å². The third-order valence-corrected chi connectivity index (χ3v) is 4.10. The third-order valence-electron chi connectivity index (χ3n) is 4.10. The number of hydrogen-bond acceptors (Lipinski definition) is 1. The monoisotopic (exact) mass is 235 g/mol. The molecule has 1 fully saturated rings. The molecule has 1 nitrogen and oxygen atoms in total. The van der Waals surface area contributed by atoms with E-state index in [1.807, 2.05) is 13.0 Å². The van der Waals surface area contributed by atoms with Crippen molar-refractivity contribution in [3.8, 4) is 0 Å². The molecule has 1 aliphatic heterocycles. The molecule has 1 aromatic carbocycles. The number of halogens is 1. The first-order valence-corrected chi connectivity index (χ1v) is 6.38. The summed E-state index contributed by atoms with van der Waals surface area (Å²) in [6.07, 6.45) is 2.24. The zero-order valence-corrected chi connectivity index (χ0v) is 11.2. The summed E-state index contributed by atoms with van der Waals surface area (Å²) in [5, 5.41) is 3.61. The number of hydrogen-bond donors (Lipinski definition) is 1. The fraction of sp³-hybridized carbons (Fsp3) is 0.600. The van der Waals surface area contributed by atoms with Crippen molar-refractivity contribution in [2.75, 3.05) is 6.54 Å². The molecule has 0 amide bonds. The van der Waals surface area contributed by atoms with Crippen LogP contribution in [0.2, 0.25) is 0 Å². The van der Waals surface area contributed by atoms with Crippen molar-refractivity contribution < 1.29 is 4.39 Å². The molecule has 2 rings (SSSR count). The summed E-state index contributed by atoms with van der Waals surface area (Å²) in [6, 6.07) is 5.67. The van der Waals surface area contributed by atoms with Crippen molar-refractivity contribution in [1.82, 2.24) is 5.32 Å². The van der Waals surface area contributed by atoms with Crippen molar-refractivity contribution in [3.63, 3.8) is 0 Å². The second-order valence-electron chi connectivity index (χ2n) is 6.15. The number of rotatable bonds is 1. The molecule has 17 heavy (non-hydrogen) atoms. The second-order valence-corrected chi connectivity index (χ2v) is 6.15. The highest BCUT2D eigenvalue weighted by Gasteiger charge is 2.45. The smallest absolute Gasteiger partial charge is 0.126 e. The van der Waals surface area contributed by atoms with Gasteiger partial charge >= 0.3 is 0 Å². The van der Waals surface area contributed by atoms with E-state index in [0.717, 1.165) is 30.5 Å². The normalized spacial score (nSPS) is 25.2. The fourth-order valence-electron chi connectivity index (χ4n) is 2.92. The third kappa shape index (κ3) is 1.99. The van der Waals surface area contributed by atoms with Gasteiger partial charge in [-0.15, -0.1) is 0 Å². The number of nitrogens with one attached hydrogen (secondary N) is 1. The SMILES string of the molecule is Cc1ccc(C2(C(C)(C)C)CCCN2)cc1F. The summed E-state index contributed by atoms with van der Waals surface area (Å²) in [4.78, 5) is 0. The van der Waals surface area contributed by atoms with Crippen LogP contribution in [0.4, 0.5) is 4.39 Å². The van der Waals surface area contributed by atoms with E-state index < -0.39 is 0 Å². The lowest BCUT2D eigenvalue weighted by Gasteiger charge is -2.43. The zero-order chi connectivity index (χ0) is 12.7. The van der Waals surface area contributed by atoms with Gasteiger partial charge in [-0.25, -0.2) is 4.39 Å². The van der Waals surface area contributed by atoms with Gasteiger partial charge < -0.3 is 5.32 Å². The van der Waals surface area contributed by atoms with Gasteiger partial charge in [-0.2, -0.15) is 0 Å². The van der Waals surface area contributed by atoms with Gasteiger partial charge in [0.1, 0.15) is 5.82 Å². The van der Waals surface area contributed by atoms with Gasteiger partial charge in [0.15, 0.2) is 0 Å². The predicted molar refractivity (Wildman–Crippen MR) is 69.5 cm³/mol. The molecule has 1 atom stereocenters. The molecule has 1 aliphatic rings. The van der Waals surface area contributed by atoms with Crippen molar-refractivity contribution in [2.24, 2.45) is 5.41 Å². The Labute approximate surface area is 103 Å². The molecule has 1 aromatic rings. The summed E-state index contributed by atoms with van der Waals surface area (Å²) in [5.41, 5.74) is 1.81. The van der Waals surface area contributed by atoms with Crippen LogP contribution in [0.1, 0.15) is 44.7 Å². The molecular weight excluding hydrogens is 213 g/mol. The summed E-state index contributed by atoms with van der Waals surface area (Å²) < 4.78 is 13.8. The van der Waals surface area contributed by atoms with E-state index in [2.05, 4.69) is 32.2 Å². The number of benzene rings is 1. The van der Waals surface area contributed by atoms with Crippen LogP contribution in [0, 0.1) is 18.2 Å². The summed E-state index contributed by atoms with van der Waals surface area (Å²) in [6.45, 7) is 9.51. The highest BCUT2D eigenvalue weighted by Crippen LogP contribution is 2.45. The van der Waals surface area contributed by atoms with E-state index in [-0.39, 0.29) is 16.8 Å². The van der Waals surface area contributed by atoms with Crippen LogP contribution >= 0.6 is 0 Å². The maximum Gasteiger partial charge on any atom is 0.126 e. The molecule has 0 spiro atoms. The van der Waals surface area contributed by atoms with Crippen LogP contribution in [0.3, 0.4) is 0 Å². The molecule has 1 N–H and O–H groups in total. The van der Waals surface area contributed by atoms with E-state index in [4.69, 9.17) is 0 Å². The molecular formula is C15H22FN. The Morgan fingerprint density at radius 2 is 2.00 bits per heavy atom. The Bertz CT molecular complexity index is 411. The molecule has 0 radical (unpaired) electrons. The van der Waals surface area contributed by atoms with Gasteiger partial charge in [0.05, 0.1) is 0 Å². The highest BCUT2D eigenvalue weighted by atomic mass is 19.1. The molecule has 2 heteroatoms. The topological polar surface area (TPSA) is 12.0 Å². The lowest BCUT2D eigenvalue weighted by molar-refractivity contribution is 0.160. The maximum absolute atomic E-state index is 13.8. The first-order chi connectivity index (χ1) is 7.87. The standard InChI is InChI=1S/C15H22FN/c1-11-6-7-12(10-13(11)16)15(14(2,3)4)8-5-9-17-15/h6-7,10,17H,5,8-9H2,1-4H3. The minimum absolute atomic E-state index is 0.0818. The zero-order valence-electron chi connectivity index (χ0n) is 11.2. The predicted octanol–water partition coefficient (Wildman–Crippen LogP) is 3.76. The summed E-state index contributed by atoms with van der Waals surface area (Å²) in [5.74, 6) is -0.0974. The van der Waals surface area contributed by atoms with Gasteiger partial charge in [0.25, 0.3) is 0 Å². The van der Waals surface area contributed by atoms with Crippen LogP contribution in [0.5, 0.6) is 0 Å². The molecule has 94 valence electrons. The highest BCUT2D eigenvalue weighted by molar-refractivity contribution is 5.32. The lowest BCUT2D eigenvalue weighted by Crippen LogP contribution is -2.48. The van der Waals surface area contributed by atoms with Gasteiger partial charge in [0, 0.05) is 5.54 Å². The number of aryl methyl sites for hydroxylation is 1. The Morgan fingerprint density at radius 1 is 1.29 bits per heavy atom. The molecule has 1 unspecified atom stereocenters. The van der Waals surface area contributed by atoms with Crippen molar-refractivity contribution in [3.05, 3.63) is 35.1 Å². The second kappa shape index (κ2) is 4.09. The quantitative estimate of drug-likeness (QED) is 0.781. The van der Waals surface area contributed by atoms with Crippen LogP contribution < -0.4 is 5.32 Å². The van der Waals surface area contributed by atoms with Gasteiger partial charge in [0.2, 0.25) is 0 Å². The Balaban J connectivity index is 2.50. The van der Waals surface area contributed by atoms with Crippen molar-refractivity contribution >= 4 is 0 Å². The summed E-state index contributed by atoms with van der Waals surface area (Å²) >= 11 is 0. The minimum atomic E-state index is -0.0974. The van der Waals surface area contributed by atoms with E-state index in [1.54, 1.807) is 6.07 Å². The average molecular weight is 235 g/mol. The van der Waals surface area contributed by atoms with Crippen LogP contribution in [-0.4, -0.2) is 6.54 Å². The Kier molecular flexibility index (Phi) is 3.03. The summed E-state index contributed by atoms with van der Waals surface area (Å²) in [7, 11) is 0. The lowest BCUT2D eigenvalue weighted by atomic mass is 9.68. The molecule has 0 aliphatic carbocycles. The minimum Gasteiger partial charge on any atom is -0.307 e. The molecule has 0 aromatic heterocycles. The average Bonchev–Trinajstić information content (AvgIpc) is 2.71. The largest absolute Gasteiger partial charge is 0.307 e. The Hall–Kier alpha value is -0.890. The van der Waals surface area contributed by atoms with Crippen LogP contribution in [0.25, 0.3) is 0 Å². The van der Waals surface area contributed by atoms with Crippen LogP contribution in [-0.2, 0) is 5.54 Å². The van der Waals surface area contributed by atoms with Crippen molar-refractivity contribution in [1.29, 1.82) is 0 Å². The molecule has 1 heterocycles. The molecule has 1 saturated heterocycles. The van der Waals surface area contributed by atoms with Gasteiger partial charge in [-0.1, -0.05) is 32.9 Å².